The molecule has 0 radical (unpaired) electrons. The van der Waals surface area contributed by atoms with Gasteiger partial charge in [-0.15, -0.1) is 0 Å². The van der Waals surface area contributed by atoms with Crippen molar-refractivity contribution in [1.29, 1.82) is 0 Å². The largest absolute Gasteiger partial charge is 0.398 e. The summed E-state index contributed by atoms with van der Waals surface area (Å²) >= 11 is 5.54. The predicted octanol–water partition coefficient (Wildman–Crippen LogP) is 4.67. The monoisotopic (exact) mass is 365 g/mol. The van der Waals surface area contributed by atoms with Crippen molar-refractivity contribution in [3.8, 4) is 0 Å². The quantitative estimate of drug-likeness (QED) is 0.773. The van der Waals surface area contributed by atoms with Crippen LogP contribution in [-0.4, -0.2) is 22.0 Å². The van der Waals surface area contributed by atoms with Crippen molar-refractivity contribution in [3.63, 3.8) is 0 Å². The topological polar surface area (TPSA) is 50.9 Å². The molecular formula is C16H20BrN3S. The first-order valence-electron chi connectivity index (χ1n) is 7.39. The van der Waals surface area contributed by atoms with Crippen molar-refractivity contribution in [2.75, 3.05) is 16.8 Å². The van der Waals surface area contributed by atoms with Crippen molar-refractivity contribution in [3.05, 3.63) is 28.9 Å². The Morgan fingerprint density at radius 3 is 3.10 bits per heavy atom. The number of thioether (sulfide) groups is 1. The van der Waals surface area contributed by atoms with Crippen molar-refractivity contribution < 1.29 is 0 Å². The molecule has 21 heavy (non-hydrogen) atoms. The first kappa shape index (κ1) is 15.0. The minimum absolute atomic E-state index is 0.548. The van der Waals surface area contributed by atoms with E-state index in [0.717, 1.165) is 32.0 Å². The van der Waals surface area contributed by atoms with E-state index in [1.165, 1.54) is 25.0 Å². The maximum Gasteiger partial charge on any atom is 0.0954 e. The molecule has 1 aliphatic rings. The number of aromatic nitrogens is 1. The fraction of sp³-hybridized carbons (Fsp3) is 0.438. The maximum atomic E-state index is 6.07. The smallest absolute Gasteiger partial charge is 0.0954 e. The molecule has 1 saturated carbocycles. The summed E-state index contributed by atoms with van der Waals surface area (Å²) < 4.78 is 0.958. The Kier molecular flexibility index (Phi) is 4.60. The van der Waals surface area contributed by atoms with Crippen LogP contribution in [0.4, 0.5) is 11.4 Å². The van der Waals surface area contributed by atoms with Crippen molar-refractivity contribution in [2.24, 2.45) is 0 Å². The highest BCUT2D eigenvalue weighted by molar-refractivity contribution is 9.10. The van der Waals surface area contributed by atoms with Crippen LogP contribution in [0.2, 0.25) is 0 Å². The molecule has 0 aliphatic heterocycles. The third kappa shape index (κ3) is 3.29. The van der Waals surface area contributed by atoms with Gasteiger partial charge in [0.05, 0.1) is 11.2 Å². The lowest BCUT2D eigenvalue weighted by Gasteiger charge is -2.16. The predicted molar refractivity (Wildman–Crippen MR) is 97.0 cm³/mol. The van der Waals surface area contributed by atoms with Gasteiger partial charge in [-0.05, 0) is 59.1 Å². The van der Waals surface area contributed by atoms with Gasteiger partial charge in [0.15, 0.2) is 0 Å². The number of nitrogen functional groups attached to an aromatic ring is 1. The van der Waals surface area contributed by atoms with E-state index in [-0.39, 0.29) is 0 Å². The zero-order valence-electron chi connectivity index (χ0n) is 12.1. The van der Waals surface area contributed by atoms with Crippen molar-refractivity contribution >= 4 is 50.0 Å². The number of fused-ring (bicyclic) bond motifs is 1. The molecule has 0 amide bonds. The molecule has 1 aromatic heterocycles. The molecule has 112 valence electrons. The summed E-state index contributed by atoms with van der Waals surface area (Å²) in [7, 11) is 0. The number of hydrogen-bond donors (Lipinski definition) is 2. The van der Waals surface area contributed by atoms with Crippen LogP contribution in [0.1, 0.15) is 26.2 Å². The molecule has 0 saturated heterocycles. The van der Waals surface area contributed by atoms with E-state index in [0.29, 0.717) is 6.04 Å². The molecule has 1 heterocycles. The van der Waals surface area contributed by atoms with Crippen LogP contribution in [0.3, 0.4) is 0 Å². The molecule has 5 heteroatoms. The standard InChI is InChI=1S/C16H20BrN3S/c1-2-21-12-4-3-11(8-12)20-15-6-5-14(18)13-7-10(17)9-19-16(13)15/h5-7,9,11-12,20H,2-4,8,18H2,1H3. The number of hydrogen-bond acceptors (Lipinski definition) is 4. The van der Waals surface area contributed by atoms with Crippen LogP contribution in [0.5, 0.6) is 0 Å². The minimum atomic E-state index is 0.548. The minimum Gasteiger partial charge on any atom is -0.398 e. The van der Waals surface area contributed by atoms with E-state index in [9.17, 15) is 0 Å². The fourth-order valence-electron chi connectivity index (χ4n) is 3.01. The molecule has 1 fully saturated rings. The third-order valence-corrected chi connectivity index (χ3v) is 5.66. The van der Waals surface area contributed by atoms with Crippen LogP contribution >= 0.6 is 27.7 Å². The number of anilines is 2. The summed E-state index contributed by atoms with van der Waals surface area (Å²) in [6.45, 7) is 2.24. The molecule has 1 aliphatic carbocycles. The maximum absolute atomic E-state index is 6.07. The van der Waals surface area contributed by atoms with E-state index in [4.69, 9.17) is 5.73 Å². The van der Waals surface area contributed by atoms with Crippen LogP contribution in [-0.2, 0) is 0 Å². The Morgan fingerprint density at radius 1 is 1.43 bits per heavy atom. The lowest BCUT2D eigenvalue weighted by Crippen LogP contribution is -2.16. The summed E-state index contributed by atoms with van der Waals surface area (Å²) in [6, 6.07) is 6.60. The highest BCUT2D eigenvalue weighted by atomic mass is 79.9. The number of pyridine rings is 1. The van der Waals surface area contributed by atoms with E-state index in [1.807, 2.05) is 18.3 Å². The number of nitrogens with zero attached hydrogens (tertiary/aromatic N) is 1. The zero-order valence-corrected chi connectivity index (χ0v) is 14.5. The number of rotatable bonds is 4. The fourth-order valence-corrected chi connectivity index (χ4v) is 4.48. The highest BCUT2D eigenvalue weighted by Crippen LogP contribution is 2.34. The normalized spacial score (nSPS) is 21.8. The van der Waals surface area contributed by atoms with Crippen LogP contribution < -0.4 is 11.1 Å². The average Bonchev–Trinajstić information content (AvgIpc) is 2.90. The van der Waals surface area contributed by atoms with E-state index in [2.05, 4.69) is 51.0 Å². The molecule has 2 unspecified atom stereocenters. The number of halogens is 1. The first-order valence-corrected chi connectivity index (χ1v) is 9.23. The molecule has 3 rings (SSSR count). The van der Waals surface area contributed by atoms with Gasteiger partial charge in [-0.3, -0.25) is 4.98 Å². The molecule has 0 bridgehead atoms. The average molecular weight is 366 g/mol. The Bertz CT molecular complexity index is 647. The molecule has 3 nitrogen and oxygen atoms in total. The van der Waals surface area contributed by atoms with E-state index < -0.39 is 0 Å². The molecule has 0 spiro atoms. The summed E-state index contributed by atoms with van der Waals surface area (Å²) in [5, 5.41) is 5.48. The number of nitrogens with one attached hydrogen (secondary N) is 1. The van der Waals surface area contributed by atoms with E-state index in [1.54, 1.807) is 0 Å². The SMILES string of the molecule is CCSC1CCC(Nc2ccc(N)c3cc(Br)cnc23)C1. The summed E-state index contributed by atoms with van der Waals surface area (Å²) in [5.74, 6) is 1.21. The Hall–Kier alpha value is -0.940. The van der Waals surface area contributed by atoms with Crippen molar-refractivity contribution in [2.45, 2.75) is 37.5 Å². The van der Waals surface area contributed by atoms with Gasteiger partial charge in [-0.1, -0.05) is 6.92 Å². The van der Waals surface area contributed by atoms with Crippen LogP contribution in [0.15, 0.2) is 28.9 Å². The van der Waals surface area contributed by atoms with Gasteiger partial charge in [0.2, 0.25) is 0 Å². The van der Waals surface area contributed by atoms with Gasteiger partial charge >= 0.3 is 0 Å². The van der Waals surface area contributed by atoms with Crippen molar-refractivity contribution in [1.82, 2.24) is 4.98 Å². The summed E-state index contributed by atoms with van der Waals surface area (Å²) in [6.07, 6.45) is 5.61. The Labute approximate surface area is 138 Å². The highest BCUT2D eigenvalue weighted by Gasteiger charge is 2.24. The first-order chi connectivity index (χ1) is 10.2. The molecular weight excluding hydrogens is 346 g/mol. The van der Waals surface area contributed by atoms with Gasteiger partial charge in [-0.2, -0.15) is 11.8 Å². The lowest BCUT2D eigenvalue weighted by atomic mass is 10.1. The van der Waals surface area contributed by atoms with E-state index >= 15 is 0 Å². The second-order valence-electron chi connectivity index (χ2n) is 5.48. The van der Waals surface area contributed by atoms with Gasteiger partial charge in [0.1, 0.15) is 0 Å². The van der Waals surface area contributed by atoms with Crippen LogP contribution in [0, 0.1) is 0 Å². The molecule has 1 aromatic carbocycles. The van der Waals surface area contributed by atoms with Gasteiger partial charge in [-0.25, -0.2) is 0 Å². The van der Waals surface area contributed by atoms with Gasteiger partial charge in [0.25, 0.3) is 0 Å². The zero-order chi connectivity index (χ0) is 14.8. The molecule has 2 aromatic rings. The second-order valence-corrected chi connectivity index (χ2v) is 7.98. The lowest BCUT2D eigenvalue weighted by molar-refractivity contribution is 0.758. The number of nitrogens with two attached hydrogens (primary N) is 1. The Morgan fingerprint density at radius 2 is 2.29 bits per heavy atom. The summed E-state index contributed by atoms with van der Waals surface area (Å²) in [5.41, 5.74) is 8.90. The van der Waals surface area contributed by atoms with Gasteiger partial charge in [0, 0.05) is 33.0 Å². The number of benzene rings is 1. The third-order valence-electron chi connectivity index (χ3n) is 4.00. The molecule has 3 N–H and O–H groups in total. The summed E-state index contributed by atoms with van der Waals surface area (Å²) in [4.78, 5) is 4.54. The molecule has 2 atom stereocenters. The second kappa shape index (κ2) is 6.44. The Balaban J connectivity index is 1.83. The van der Waals surface area contributed by atoms with Crippen LogP contribution in [0.25, 0.3) is 10.9 Å². The van der Waals surface area contributed by atoms with Gasteiger partial charge < -0.3 is 11.1 Å².